The van der Waals surface area contributed by atoms with E-state index in [0.29, 0.717) is 50.1 Å². The highest BCUT2D eigenvalue weighted by Crippen LogP contribution is 2.41. The minimum absolute atomic E-state index is 0.0430. The summed E-state index contributed by atoms with van der Waals surface area (Å²) >= 11 is 1.55. The van der Waals surface area contributed by atoms with Crippen LogP contribution in [0.3, 0.4) is 0 Å². The van der Waals surface area contributed by atoms with Crippen LogP contribution < -0.4 is 22.3 Å². The van der Waals surface area contributed by atoms with E-state index in [-0.39, 0.29) is 17.3 Å². The smallest absolute Gasteiger partial charge is 0.332 e. The van der Waals surface area contributed by atoms with Crippen molar-refractivity contribution in [3.8, 4) is 0 Å². The molecule has 1 saturated heterocycles. The van der Waals surface area contributed by atoms with E-state index in [1.54, 1.807) is 11.3 Å². The fourth-order valence-corrected chi connectivity index (χ4v) is 4.91. The number of aromatic nitrogens is 2. The maximum atomic E-state index is 13.2. The van der Waals surface area contributed by atoms with Crippen molar-refractivity contribution in [1.82, 2.24) is 14.5 Å². The van der Waals surface area contributed by atoms with Crippen molar-refractivity contribution in [2.45, 2.75) is 39.4 Å². The Kier molecular flexibility index (Phi) is 4.77. The van der Waals surface area contributed by atoms with Gasteiger partial charge in [0.25, 0.3) is 5.56 Å². The quantitative estimate of drug-likeness (QED) is 0.696. The molecule has 4 rings (SSSR count). The molecule has 3 heterocycles. The SMILES string of the molecule is Cc1c(CNCCN)sc2c1c(=O)n(C1C[C@@H]1C)c(=O)n2CC1COC1. The molecular weight excluding hydrogens is 352 g/mol. The molecular formula is C18H26N4O3S. The second-order valence-electron chi connectivity index (χ2n) is 7.55. The van der Waals surface area contributed by atoms with Gasteiger partial charge in [-0.3, -0.25) is 13.9 Å². The van der Waals surface area contributed by atoms with Crippen molar-refractivity contribution in [3.05, 3.63) is 31.3 Å². The maximum Gasteiger partial charge on any atom is 0.332 e. The topological polar surface area (TPSA) is 91.3 Å². The molecule has 142 valence electrons. The molecule has 0 spiro atoms. The van der Waals surface area contributed by atoms with Gasteiger partial charge in [-0.25, -0.2) is 4.79 Å². The third-order valence-electron chi connectivity index (χ3n) is 5.49. The number of thiophene rings is 1. The molecule has 0 radical (unpaired) electrons. The zero-order valence-electron chi connectivity index (χ0n) is 15.3. The molecule has 2 aliphatic rings. The minimum atomic E-state index is -0.161. The molecule has 2 aromatic rings. The molecule has 1 aliphatic carbocycles. The average Bonchev–Trinajstić information content (AvgIpc) is 3.17. The van der Waals surface area contributed by atoms with Crippen LogP contribution in [0.1, 0.15) is 29.8 Å². The first kappa shape index (κ1) is 17.9. The number of hydrogen-bond acceptors (Lipinski definition) is 6. The molecule has 26 heavy (non-hydrogen) atoms. The van der Waals surface area contributed by atoms with E-state index in [1.807, 2.05) is 11.5 Å². The second kappa shape index (κ2) is 6.92. The van der Waals surface area contributed by atoms with Crippen LogP contribution >= 0.6 is 11.3 Å². The van der Waals surface area contributed by atoms with Crippen molar-refractivity contribution in [1.29, 1.82) is 0 Å². The van der Waals surface area contributed by atoms with Gasteiger partial charge in [0.15, 0.2) is 0 Å². The van der Waals surface area contributed by atoms with E-state index in [0.717, 1.165) is 28.2 Å². The summed E-state index contributed by atoms with van der Waals surface area (Å²) < 4.78 is 8.60. The van der Waals surface area contributed by atoms with Gasteiger partial charge in [0.2, 0.25) is 0 Å². The second-order valence-corrected chi connectivity index (χ2v) is 8.63. The van der Waals surface area contributed by atoms with Crippen molar-refractivity contribution in [2.24, 2.45) is 17.6 Å². The molecule has 1 aliphatic heterocycles. The van der Waals surface area contributed by atoms with E-state index in [2.05, 4.69) is 12.2 Å². The third kappa shape index (κ3) is 2.94. The van der Waals surface area contributed by atoms with Gasteiger partial charge in [-0.1, -0.05) is 6.92 Å². The Balaban J connectivity index is 1.86. The van der Waals surface area contributed by atoms with E-state index < -0.39 is 0 Å². The standard InChI is InChI=1S/C18H26N4O3S/c1-10-5-13(10)22-16(23)15-11(2)14(6-20-4-3-19)26-17(15)21(18(22)24)7-12-8-25-9-12/h10,12-13,20H,3-9,19H2,1-2H3/t10-,13?/m0/s1. The largest absolute Gasteiger partial charge is 0.381 e. The number of rotatable bonds is 7. The van der Waals surface area contributed by atoms with Crippen LogP contribution in [-0.4, -0.2) is 35.4 Å². The van der Waals surface area contributed by atoms with Gasteiger partial charge in [-0.2, -0.15) is 0 Å². The molecule has 8 heteroatoms. The molecule has 0 bridgehead atoms. The number of aryl methyl sites for hydroxylation is 1. The van der Waals surface area contributed by atoms with Crippen LogP contribution in [0.2, 0.25) is 0 Å². The molecule has 1 saturated carbocycles. The lowest BCUT2D eigenvalue weighted by Gasteiger charge is -2.27. The Morgan fingerprint density at radius 3 is 2.65 bits per heavy atom. The van der Waals surface area contributed by atoms with Crippen LogP contribution in [0.5, 0.6) is 0 Å². The van der Waals surface area contributed by atoms with Crippen molar-refractivity contribution in [3.63, 3.8) is 0 Å². The van der Waals surface area contributed by atoms with Gasteiger partial charge in [0.1, 0.15) is 4.83 Å². The monoisotopic (exact) mass is 378 g/mol. The third-order valence-corrected chi connectivity index (χ3v) is 6.81. The fraction of sp³-hybridized carbons (Fsp3) is 0.667. The lowest BCUT2D eigenvalue weighted by atomic mass is 10.1. The highest BCUT2D eigenvalue weighted by atomic mass is 32.1. The summed E-state index contributed by atoms with van der Waals surface area (Å²) in [6, 6.07) is 0.0430. The fourth-order valence-electron chi connectivity index (χ4n) is 3.65. The number of hydrogen-bond donors (Lipinski definition) is 2. The first-order chi connectivity index (χ1) is 12.5. The van der Waals surface area contributed by atoms with Gasteiger partial charge in [0.05, 0.1) is 18.6 Å². The van der Waals surface area contributed by atoms with Crippen LogP contribution in [0.15, 0.2) is 9.59 Å². The van der Waals surface area contributed by atoms with Crippen LogP contribution in [0.25, 0.3) is 10.2 Å². The van der Waals surface area contributed by atoms with Gasteiger partial charge >= 0.3 is 5.69 Å². The summed E-state index contributed by atoms with van der Waals surface area (Å²) in [5, 5.41) is 4.00. The van der Waals surface area contributed by atoms with Crippen LogP contribution in [-0.2, 0) is 17.8 Å². The van der Waals surface area contributed by atoms with Crippen molar-refractivity contribution >= 4 is 21.6 Å². The molecule has 2 aromatic heterocycles. The predicted molar refractivity (Wildman–Crippen MR) is 103 cm³/mol. The molecule has 1 unspecified atom stereocenters. The lowest BCUT2D eigenvalue weighted by Crippen LogP contribution is -2.43. The average molecular weight is 378 g/mol. The summed E-state index contributed by atoms with van der Waals surface area (Å²) in [4.78, 5) is 28.2. The summed E-state index contributed by atoms with van der Waals surface area (Å²) in [5.41, 5.74) is 6.25. The number of nitrogens with one attached hydrogen (secondary N) is 1. The molecule has 0 aromatic carbocycles. The maximum absolute atomic E-state index is 13.2. The van der Waals surface area contributed by atoms with Crippen LogP contribution in [0.4, 0.5) is 0 Å². The lowest BCUT2D eigenvalue weighted by molar-refractivity contribution is -0.0394. The zero-order valence-corrected chi connectivity index (χ0v) is 16.1. The Bertz CT molecular complexity index is 941. The van der Waals surface area contributed by atoms with Gasteiger partial charge < -0.3 is 15.8 Å². The van der Waals surface area contributed by atoms with Crippen molar-refractivity contribution < 1.29 is 4.74 Å². The normalized spacial score (nSPS) is 22.7. The summed E-state index contributed by atoms with van der Waals surface area (Å²) in [5.74, 6) is 0.739. The predicted octanol–water partition coefficient (Wildman–Crippen LogP) is 0.809. The molecule has 7 nitrogen and oxygen atoms in total. The number of fused-ring (bicyclic) bond motifs is 1. The molecule has 0 amide bonds. The summed E-state index contributed by atoms with van der Waals surface area (Å²) in [6.07, 6.45) is 0.904. The van der Waals surface area contributed by atoms with Gasteiger partial charge in [0, 0.05) is 43.0 Å². The Hall–Kier alpha value is -1.48. The summed E-state index contributed by atoms with van der Waals surface area (Å²) in [6.45, 7) is 8.03. The number of nitrogens with zero attached hydrogens (tertiary/aromatic N) is 2. The van der Waals surface area contributed by atoms with E-state index >= 15 is 0 Å². The molecule has 2 fully saturated rings. The molecule has 2 atom stereocenters. The molecule has 3 N–H and O–H groups in total. The Morgan fingerprint density at radius 2 is 2.08 bits per heavy atom. The van der Waals surface area contributed by atoms with E-state index in [1.165, 1.54) is 4.57 Å². The summed E-state index contributed by atoms with van der Waals surface area (Å²) in [7, 11) is 0. The highest BCUT2D eigenvalue weighted by Gasteiger charge is 2.38. The first-order valence-corrected chi connectivity index (χ1v) is 10.1. The Labute approximate surface area is 155 Å². The highest BCUT2D eigenvalue weighted by molar-refractivity contribution is 7.18. The zero-order chi connectivity index (χ0) is 18.4. The minimum Gasteiger partial charge on any atom is -0.381 e. The van der Waals surface area contributed by atoms with Crippen molar-refractivity contribution in [2.75, 3.05) is 26.3 Å². The van der Waals surface area contributed by atoms with E-state index in [4.69, 9.17) is 10.5 Å². The first-order valence-electron chi connectivity index (χ1n) is 9.28. The number of ether oxygens (including phenoxy) is 1. The number of nitrogens with two attached hydrogens (primary N) is 1. The van der Waals surface area contributed by atoms with Gasteiger partial charge in [-0.15, -0.1) is 11.3 Å². The van der Waals surface area contributed by atoms with E-state index in [9.17, 15) is 9.59 Å². The Morgan fingerprint density at radius 1 is 1.35 bits per heavy atom. The van der Waals surface area contributed by atoms with Crippen LogP contribution in [0, 0.1) is 18.8 Å². The van der Waals surface area contributed by atoms with Gasteiger partial charge in [-0.05, 0) is 24.8 Å².